The van der Waals surface area contributed by atoms with Gasteiger partial charge in [-0.05, 0) is 28.1 Å². The number of carbonyl (C=O) groups is 1. The predicted molar refractivity (Wildman–Crippen MR) is 65.6 cm³/mol. The van der Waals surface area contributed by atoms with E-state index in [0.717, 1.165) is 11.8 Å². The molecule has 0 aliphatic rings. The molecule has 0 N–H and O–H groups in total. The van der Waals surface area contributed by atoms with Gasteiger partial charge < -0.3 is 9.47 Å². The molecule has 0 aromatic heterocycles. The van der Waals surface area contributed by atoms with Gasteiger partial charge in [-0.2, -0.15) is 0 Å². The zero-order valence-electron chi connectivity index (χ0n) is 8.77. The van der Waals surface area contributed by atoms with Crippen LogP contribution in [0.3, 0.4) is 0 Å². The van der Waals surface area contributed by atoms with Gasteiger partial charge in [-0.15, -0.1) is 0 Å². The van der Waals surface area contributed by atoms with Crippen LogP contribution in [-0.4, -0.2) is 17.6 Å². The third-order valence-corrected chi connectivity index (χ3v) is 2.41. The molecule has 3 nitrogen and oxygen atoms in total. The van der Waals surface area contributed by atoms with Gasteiger partial charge in [-0.25, -0.2) is 4.79 Å². The average Bonchev–Trinajstić information content (AvgIpc) is 2.30. The minimum Gasteiger partial charge on any atom is -0.479 e. The Morgan fingerprint density at radius 3 is 2.75 bits per heavy atom. The van der Waals surface area contributed by atoms with Crippen molar-refractivity contribution in [3.05, 3.63) is 43.0 Å². The summed E-state index contributed by atoms with van der Waals surface area (Å²) in [4.78, 5) is 10.8. The number of carbonyl (C=O) groups excluding carboxylic acids is 1. The van der Waals surface area contributed by atoms with Crippen LogP contribution >= 0.6 is 15.9 Å². The molecule has 0 bridgehead atoms. The highest BCUT2D eigenvalue weighted by Crippen LogP contribution is 2.15. The highest BCUT2D eigenvalue weighted by Gasteiger charge is 2.06. The van der Waals surface area contributed by atoms with Crippen molar-refractivity contribution < 1.29 is 14.3 Å². The second kappa shape index (κ2) is 7.06. The molecule has 4 heteroatoms. The summed E-state index contributed by atoms with van der Waals surface area (Å²) >= 11 is 3.35. The fourth-order valence-electron chi connectivity index (χ4n) is 1.02. The zero-order valence-corrected chi connectivity index (χ0v) is 10.4. The number of hydrogen-bond acceptors (Lipinski definition) is 3. The van der Waals surface area contributed by atoms with Crippen molar-refractivity contribution in [3.63, 3.8) is 0 Å². The van der Waals surface area contributed by atoms with Crippen LogP contribution < -0.4 is 4.74 Å². The summed E-state index contributed by atoms with van der Waals surface area (Å²) in [6.07, 6.45) is 1.72. The molecule has 1 rings (SSSR count). The quantitative estimate of drug-likeness (QED) is 0.458. The normalized spacial score (nSPS) is 11.6. The molecule has 0 fully saturated rings. The first kappa shape index (κ1) is 12.8. The van der Waals surface area contributed by atoms with E-state index in [1.54, 1.807) is 0 Å². The molecule has 86 valence electrons. The highest BCUT2D eigenvalue weighted by atomic mass is 79.9. The first-order chi connectivity index (χ1) is 7.72. The van der Waals surface area contributed by atoms with Crippen LogP contribution in [0.4, 0.5) is 0 Å². The van der Waals surface area contributed by atoms with Gasteiger partial charge in [-0.3, -0.25) is 0 Å². The molecule has 0 saturated carbocycles. The molecular formula is C12H13BrO3. The van der Waals surface area contributed by atoms with E-state index in [2.05, 4.69) is 22.5 Å². The molecule has 0 heterocycles. The Bertz CT molecular complexity index is 337. The second-order valence-electron chi connectivity index (χ2n) is 3.00. The number of hydrogen-bond donors (Lipinski definition) is 0. The van der Waals surface area contributed by atoms with Gasteiger partial charge in [0.05, 0.1) is 6.61 Å². The topological polar surface area (TPSA) is 35.5 Å². The van der Waals surface area contributed by atoms with Crippen LogP contribution in [0.25, 0.3) is 0 Å². The van der Waals surface area contributed by atoms with E-state index < -0.39 is 5.97 Å². The minimum absolute atomic E-state index is 0.174. The lowest BCUT2D eigenvalue weighted by Gasteiger charge is -2.12. The van der Waals surface area contributed by atoms with Crippen molar-refractivity contribution in [3.8, 4) is 5.75 Å². The number of esters is 1. The number of halogens is 1. The van der Waals surface area contributed by atoms with Crippen molar-refractivity contribution in [1.29, 1.82) is 0 Å². The molecular weight excluding hydrogens is 272 g/mol. The summed E-state index contributed by atoms with van der Waals surface area (Å²) in [7, 11) is 0. The number of benzene rings is 1. The van der Waals surface area contributed by atoms with E-state index in [1.807, 2.05) is 30.3 Å². The summed E-state index contributed by atoms with van der Waals surface area (Å²) in [6.45, 7) is 3.61. The van der Waals surface area contributed by atoms with Crippen LogP contribution in [0.5, 0.6) is 5.75 Å². The average molecular weight is 285 g/mol. The summed E-state index contributed by atoms with van der Waals surface area (Å²) in [5, 5.41) is -0.174. The van der Waals surface area contributed by atoms with E-state index in [-0.39, 0.29) is 5.01 Å². The highest BCUT2D eigenvalue weighted by molar-refractivity contribution is 9.09. The Morgan fingerprint density at radius 1 is 1.44 bits per heavy atom. The Labute approximate surface area is 103 Å². The fourth-order valence-corrected chi connectivity index (χ4v) is 1.42. The Kier molecular flexibility index (Phi) is 5.64. The van der Waals surface area contributed by atoms with Crippen molar-refractivity contribution in [1.82, 2.24) is 0 Å². The first-order valence-electron chi connectivity index (χ1n) is 4.87. The zero-order chi connectivity index (χ0) is 11.8. The molecule has 0 radical (unpaired) electrons. The van der Waals surface area contributed by atoms with Gasteiger partial charge in [0.25, 0.3) is 0 Å². The molecule has 1 unspecified atom stereocenters. The number of alkyl halides is 1. The SMILES string of the molecule is C=CC(=O)OCCC(Br)Oc1ccccc1. The van der Waals surface area contributed by atoms with E-state index in [1.165, 1.54) is 0 Å². The smallest absolute Gasteiger partial charge is 0.330 e. The summed E-state index contributed by atoms with van der Waals surface area (Å²) in [6, 6.07) is 9.44. The van der Waals surface area contributed by atoms with Crippen molar-refractivity contribution in [2.75, 3.05) is 6.61 Å². The first-order valence-corrected chi connectivity index (χ1v) is 5.79. The lowest BCUT2D eigenvalue weighted by atomic mass is 10.3. The number of ether oxygens (including phenoxy) is 2. The van der Waals surface area contributed by atoms with Crippen LogP contribution in [0, 0.1) is 0 Å². The molecule has 0 saturated heterocycles. The molecule has 1 aromatic rings. The maximum atomic E-state index is 10.8. The third kappa shape index (κ3) is 4.98. The van der Waals surface area contributed by atoms with E-state index in [9.17, 15) is 4.79 Å². The van der Waals surface area contributed by atoms with Gasteiger partial charge in [0.2, 0.25) is 0 Å². The van der Waals surface area contributed by atoms with Crippen molar-refractivity contribution >= 4 is 21.9 Å². The molecule has 0 aliphatic carbocycles. The van der Waals surface area contributed by atoms with Crippen LogP contribution in [-0.2, 0) is 9.53 Å². The Balaban J connectivity index is 2.23. The molecule has 1 aromatic carbocycles. The van der Waals surface area contributed by atoms with Gasteiger partial charge in [0.1, 0.15) is 5.75 Å². The largest absolute Gasteiger partial charge is 0.479 e. The maximum Gasteiger partial charge on any atom is 0.330 e. The predicted octanol–water partition coefficient (Wildman–Crippen LogP) is 2.91. The molecule has 0 amide bonds. The van der Waals surface area contributed by atoms with Crippen LogP contribution in [0.1, 0.15) is 6.42 Å². The Morgan fingerprint density at radius 2 is 2.12 bits per heavy atom. The Hall–Kier alpha value is -1.29. The summed E-state index contributed by atoms with van der Waals surface area (Å²) in [5.41, 5.74) is 0. The lowest BCUT2D eigenvalue weighted by Crippen LogP contribution is -2.13. The third-order valence-electron chi connectivity index (χ3n) is 1.76. The van der Waals surface area contributed by atoms with E-state index >= 15 is 0 Å². The monoisotopic (exact) mass is 284 g/mol. The molecule has 0 spiro atoms. The molecule has 16 heavy (non-hydrogen) atoms. The van der Waals surface area contributed by atoms with Crippen LogP contribution in [0.15, 0.2) is 43.0 Å². The molecule has 1 atom stereocenters. The minimum atomic E-state index is -0.417. The van der Waals surface area contributed by atoms with Gasteiger partial charge in [0, 0.05) is 12.5 Å². The molecule has 0 aliphatic heterocycles. The van der Waals surface area contributed by atoms with Crippen molar-refractivity contribution in [2.45, 2.75) is 11.4 Å². The van der Waals surface area contributed by atoms with Crippen LogP contribution in [0.2, 0.25) is 0 Å². The maximum absolute atomic E-state index is 10.8. The lowest BCUT2D eigenvalue weighted by molar-refractivity contribution is -0.138. The van der Waals surface area contributed by atoms with E-state index in [4.69, 9.17) is 9.47 Å². The summed E-state index contributed by atoms with van der Waals surface area (Å²) in [5.74, 6) is 0.360. The van der Waals surface area contributed by atoms with E-state index in [0.29, 0.717) is 13.0 Å². The van der Waals surface area contributed by atoms with Gasteiger partial charge in [0.15, 0.2) is 5.01 Å². The van der Waals surface area contributed by atoms with Gasteiger partial charge >= 0.3 is 5.97 Å². The second-order valence-corrected chi connectivity index (χ2v) is 4.02. The van der Waals surface area contributed by atoms with Gasteiger partial charge in [-0.1, -0.05) is 24.8 Å². The fraction of sp³-hybridized carbons (Fsp3) is 0.250. The summed E-state index contributed by atoms with van der Waals surface area (Å²) < 4.78 is 10.4. The number of rotatable bonds is 6. The van der Waals surface area contributed by atoms with Crippen molar-refractivity contribution in [2.24, 2.45) is 0 Å². The standard InChI is InChI=1S/C12H13BrO3/c1-2-12(14)15-9-8-11(13)16-10-6-4-3-5-7-10/h2-7,11H,1,8-9H2. The number of para-hydroxylation sites is 1.